The number of likely N-dealkylation sites (N-methyl/N-ethyl adjacent to an activating group) is 1. The van der Waals surface area contributed by atoms with Crippen LogP contribution < -0.4 is 0 Å². The number of ether oxygens (including phenoxy) is 1. The van der Waals surface area contributed by atoms with Gasteiger partial charge in [0.05, 0.1) is 6.04 Å². The molecular formula is C23H27ClN2O3. The zero-order valence-electron chi connectivity index (χ0n) is 17.3. The van der Waals surface area contributed by atoms with Crippen LogP contribution in [0.5, 0.6) is 0 Å². The molecule has 0 aromatic heterocycles. The SMILES string of the molecule is CN(C(=O)OC(C)(C)C)C1CN(C(=O)c2ccccc2)CC1c1ccc(Cl)cc1. The molecule has 0 saturated carbocycles. The van der Waals surface area contributed by atoms with Gasteiger partial charge in [-0.15, -0.1) is 0 Å². The van der Waals surface area contributed by atoms with Crippen molar-refractivity contribution in [1.29, 1.82) is 0 Å². The molecule has 1 fully saturated rings. The molecule has 6 heteroatoms. The lowest BCUT2D eigenvalue weighted by Gasteiger charge is -2.31. The Kier molecular flexibility index (Phi) is 6.18. The minimum atomic E-state index is -0.584. The minimum absolute atomic E-state index is 0.0301. The molecule has 3 rings (SSSR count). The van der Waals surface area contributed by atoms with Crippen LogP contribution in [0.1, 0.15) is 42.6 Å². The predicted octanol–water partition coefficient (Wildman–Crippen LogP) is 4.82. The summed E-state index contributed by atoms with van der Waals surface area (Å²) in [6.07, 6.45) is -0.393. The smallest absolute Gasteiger partial charge is 0.410 e. The van der Waals surface area contributed by atoms with E-state index in [9.17, 15) is 9.59 Å². The van der Waals surface area contributed by atoms with Gasteiger partial charge < -0.3 is 14.5 Å². The highest BCUT2D eigenvalue weighted by Gasteiger charge is 2.41. The van der Waals surface area contributed by atoms with Crippen LogP contribution in [-0.4, -0.2) is 53.6 Å². The van der Waals surface area contributed by atoms with Crippen molar-refractivity contribution in [1.82, 2.24) is 9.80 Å². The minimum Gasteiger partial charge on any atom is -0.444 e. The standard InChI is InChI=1S/C23H27ClN2O3/c1-23(2,3)29-22(28)25(4)20-15-26(21(27)17-8-6-5-7-9-17)14-19(20)16-10-12-18(24)13-11-16/h5-13,19-20H,14-15H2,1-4H3. The zero-order chi connectivity index (χ0) is 21.2. The van der Waals surface area contributed by atoms with Gasteiger partial charge in [0, 0.05) is 36.6 Å². The summed E-state index contributed by atoms with van der Waals surface area (Å²) < 4.78 is 5.56. The van der Waals surface area contributed by atoms with Crippen LogP contribution in [0.3, 0.4) is 0 Å². The van der Waals surface area contributed by atoms with E-state index in [1.807, 2.05) is 75.4 Å². The van der Waals surface area contributed by atoms with Crippen LogP contribution in [0.15, 0.2) is 54.6 Å². The van der Waals surface area contributed by atoms with Crippen LogP contribution in [0, 0.1) is 0 Å². The molecule has 1 aliphatic rings. The Labute approximate surface area is 177 Å². The lowest BCUT2D eigenvalue weighted by Crippen LogP contribution is -2.44. The van der Waals surface area contributed by atoms with Gasteiger partial charge >= 0.3 is 6.09 Å². The summed E-state index contributed by atoms with van der Waals surface area (Å²) >= 11 is 6.05. The van der Waals surface area contributed by atoms with Crippen molar-refractivity contribution in [2.75, 3.05) is 20.1 Å². The fourth-order valence-corrected chi connectivity index (χ4v) is 3.74. The van der Waals surface area contributed by atoms with Gasteiger partial charge in [-0.3, -0.25) is 4.79 Å². The van der Waals surface area contributed by atoms with Gasteiger partial charge in [-0.1, -0.05) is 41.9 Å². The van der Waals surface area contributed by atoms with E-state index >= 15 is 0 Å². The van der Waals surface area contributed by atoms with Crippen LogP contribution in [0.2, 0.25) is 5.02 Å². The predicted molar refractivity (Wildman–Crippen MR) is 114 cm³/mol. The number of benzene rings is 2. The molecule has 5 nitrogen and oxygen atoms in total. The van der Waals surface area contributed by atoms with E-state index in [4.69, 9.17) is 16.3 Å². The van der Waals surface area contributed by atoms with E-state index in [-0.39, 0.29) is 17.9 Å². The molecule has 2 aromatic rings. The van der Waals surface area contributed by atoms with E-state index in [1.165, 1.54) is 0 Å². The zero-order valence-corrected chi connectivity index (χ0v) is 18.0. The second kappa shape index (κ2) is 8.46. The Balaban J connectivity index is 1.87. The second-order valence-corrected chi connectivity index (χ2v) is 8.83. The van der Waals surface area contributed by atoms with Gasteiger partial charge in [-0.05, 0) is 50.6 Å². The third-order valence-corrected chi connectivity index (χ3v) is 5.33. The average molecular weight is 415 g/mol. The summed E-state index contributed by atoms with van der Waals surface area (Å²) in [4.78, 5) is 29.1. The molecule has 1 saturated heterocycles. The Morgan fingerprint density at radius 3 is 2.24 bits per heavy atom. The Bertz CT molecular complexity index is 862. The van der Waals surface area contributed by atoms with Crippen LogP contribution in [0.25, 0.3) is 0 Å². The number of halogens is 1. The molecular weight excluding hydrogens is 388 g/mol. The maximum atomic E-state index is 13.0. The van der Waals surface area contributed by atoms with Gasteiger partial charge in [0.15, 0.2) is 0 Å². The third kappa shape index (κ3) is 5.10. The van der Waals surface area contributed by atoms with E-state index < -0.39 is 11.7 Å². The highest BCUT2D eigenvalue weighted by Crippen LogP contribution is 2.33. The molecule has 0 aliphatic carbocycles. The quantitative estimate of drug-likeness (QED) is 0.723. The van der Waals surface area contributed by atoms with Gasteiger partial charge in [-0.2, -0.15) is 0 Å². The van der Waals surface area contributed by atoms with Crippen molar-refractivity contribution in [2.24, 2.45) is 0 Å². The summed E-state index contributed by atoms with van der Waals surface area (Å²) in [5.74, 6) is -0.0675. The molecule has 1 aliphatic heterocycles. The molecule has 29 heavy (non-hydrogen) atoms. The van der Waals surface area contributed by atoms with Crippen LogP contribution >= 0.6 is 11.6 Å². The van der Waals surface area contributed by atoms with Crippen molar-refractivity contribution in [3.63, 3.8) is 0 Å². The van der Waals surface area contributed by atoms with Crippen LogP contribution in [0.4, 0.5) is 4.79 Å². The normalized spacial score (nSPS) is 19.1. The summed E-state index contributed by atoms with van der Waals surface area (Å²) in [6.45, 7) is 6.49. The summed E-state index contributed by atoms with van der Waals surface area (Å²) in [6, 6.07) is 16.6. The molecule has 0 spiro atoms. The molecule has 154 valence electrons. The van der Waals surface area contributed by atoms with Crippen molar-refractivity contribution >= 4 is 23.6 Å². The molecule has 2 atom stereocenters. The first-order chi connectivity index (χ1) is 13.7. The summed E-state index contributed by atoms with van der Waals surface area (Å²) in [5.41, 5.74) is 1.10. The molecule has 2 aromatic carbocycles. The lowest BCUT2D eigenvalue weighted by molar-refractivity contribution is 0.0215. The van der Waals surface area contributed by atoms with Gasteiger partial charge in [-0.25, -0.2) is 4.79 Å². The number of hydrogen-bond acceptors (Lipinski definition) is 3. The summed E-state index contributed by atoms with van der Waals surface area (Å²) in [7, 11) is 1.73. The topological polar surface area (TPSA) is 49.9 Å². The number of rotatable bonds is 3. The first-order valence-electron chi connectivity index (χ1n) is 9.71. The summed E-state index contributed by atoms with van der Waals surface area (Å²) in [5, 5.41) is 0.654. The molecule has 0 bridgehead atoms. The highest BCUT2D eigenvalue weighted by molar-refractivity contribution is 6.30. The monoisotopic (exact) mass is 414 g/mol. The van der Waals surface area contributed by atoms with Crippen LogP contribution in [-0.2, 0) is 4.74 Å². The van der Waals surface area contributed by atoms with E-state index in [2.05, 4.69) is 0 Å². The van der Waals surface area contributed by atoms with Gasteiger partial charge in [0.2, 0.25) is 0 Å². The molecule has 2 amide bonds. The number of carbonyl (C=O) groups excluding carboxylic acids is 2. The Morgan fingerprint density at radius 1 is 1.03 bits per heavy atom. The number of carbonyl (C=O) groups is 2. The van der Waals surface area contributed by atoms with E-state index in [0.717, 1.165) is 5.56 Å². The Morgan fingerprint density at radius 2 is 1.66 bits per heavy atom. The van der Waals surface area contributed by atoms with Crippen molar-refractivity contribution in [2.45, 2.75) is 38.3 Å². The average Bonchev–Trinajstić information content (AvgIpc) is 3.12. The largest absolute Gasteiger partial charge is 0.444 e. The fraction of sp³-hybridized carbons (Fsp3) is 0.391. The number of amides is 2. The van der Waals surface area contributed by atoms with E-state index in [1.54, 1.807) is 16.8 Å². The number of hydrogen-bond donors (Lipinski definition) is 0. The maximum absolute atomic E-state index is 13.0. The molecule has 2 unspecified atom stereocenters. The van der Waals surface area contributed by atoms with Crippen molar-refractivity contribution in [3.8, 4) is 0 Å². The van der Waals surface area contributed by atoms with E-state index in [0.29, 0.717) is 23.7 Å². The highest BCUT2D eigenvalue weighted by atomic mass is 35.5. The number of likely N-dealkylation sites (tertiary alicyclic amines) is 1. The van der Waals surface area contributed by atoms with Crippen molar-refractivity contribution < 1.29 is 14.3 Å². The van der Waals surface area contributed by atoms with Gasteiger partial charge in [0.1, 0.15) is 5.60 Å². The molecule has 0 radical (unpaired) electrons. The first kappa shape index (κ1) is 21.2. The molecule has 1 heterocycles. The number of nitrogens with zero attached hydrogens (tertiary/aromatic N) is 2. The fourth-order valence-electron chi connectivity index (χ4n) is 3.62. The first-order valence-corrected chi connectivity index (χ1v) is 10.1. The van der Waals surface area contributed by atoms with Crippen molar-refractivity contribution in [3.05, 3.63) is 70.7 Å². The molecule has 0 N–H and O–H groups in total. The third-order valence-electron chi connectivity index (χ3n) is 5.07. The Hall–Kier alpha value is -2.53. The van der Waals surface area contributed by atoms with Gasteiger partial charge in [0.25, 0.3) is 5.91 Å². The maximum Gasteiger partial charge on any atom is 0.410 e. The second-order valence-electron chi connectivity index (χ2n) is 8.39. The lowest BCUT2D eigenvalue weighted by atomic mass is 9.93.